The van der Waals surface area contributed by atoms with Gasteiger partial charge in [-0.15, -0.1) is 0 Å². The van der Waals surface area contributed by atoms with Crippen molar-refractivity contribution < 1.29 is 23.1 Å². The smallest absolute Gasteiger partial charge is 0.261 e. The maximum absolute atomic E-state index is 13.8. The maximum atomic E-state index is 13.8. The zero-order valence-electron chi connectivity index (χ0n) is 17.7. The number of halogens is 2. The van der Waals surface area contributed by atoms with E-state index < -0.39 is 35.7 Å². The highest BCUT2D eigenvalue weighted by molar-refractivity contribution is 5.88. The summed E-state index contributed by atoms with van der Waals surface area (Å²) in [4.78, 5) is 27.2. The molecule has 0 saturated heterocycles. The van der Waals surface area contributed by atoms with Gasteiger partial charge in [-0.1, -0.05) is 31.2 Å². The van der Waals surface area contributed by atoms with Crippen molar-refractivity contribution >= 4 is 11.8 Å². The molecule has 30 heavy (non-hydrogen) atoms. The van der Waals surface area contributed by atoms with Crippen LogP contribution in [0, 0.1) is 11.6 Å². The summed E-state index contributed by atoms with van der Waals surface area (Å²) in [5.74, 6) is -1.78. The van der Waals surface area contributed by atoms with E-state index in [0.717, 1.165) is 0 Å². The summed E-state index contributed by atoms with van der Waals surface area (Å²) in [5.41, 5.74) is 0.191. The number of benzene rings is 2. The van der Waals surface area contributed by atoms with Crippen LogP contribution < -0.4 is 10.1 Å². The fourth-order valence-corrected chi connectivity index (χ4v) is 2.94. The van der Waals surface area contributed by atoms with Crippen molar-refractivity contribution in [3.05, 3.63) is 65.7 Å². The van der Waals surface area contributed by atoms with Crippen LogP contribution >= 0.6 is 0 Å². The molecule has 0 aliphatic carbocycles. The number of amides is 2. The van der Waals surface area contributed by atoms with Crippen LogP contribution in [0.25, 0.3) is 0 Å². The average Bonchev–Trinajstić information content (AvgIpc) is 2.67. The van der Waals surface area contributed by atoms with Gasteiger partial charge in [0.25, 0.3) is 5.91 Å². The number of hydrogen-bond acceptors (Lipinski definition) is 3. The summed E-state index contributed by atoms with van der Waals surface area (Å²) in [6, 6.07) is 10.7. The first-order chi connectivity index (χ1) is 14.1. The molecule has 0 fully saturated rings. The van der Waals surface area contributed by atoms with E-state index in [4.69, 9.17) is 4.74 Å². The van der Waals surface area contributed by atoms with Gasteiger partial charge < -0.3 is 15.0 Å². The zero-order valence-corrected chi connectivity index (χ0v) is 17.7. The molecule has 7 heteroatoms. The molecule has 2 amide bonds. The lowest BCUT2D eigenvalue weighted by molar-refractivity contribution is -0.143. The Morgan fingerprint density at radius 3 is 2.27 bits per heavy atom. The van der Waals surface area contributed by atoms with E-state index in [1.54, 1.807) is 25.1 Å². The number of hydrogen-bond donors (Lipinski definition) is 1. The van der Waals surface area contributed by atoms with Crippen LogP contribution in [0.4, 0.5) is 8.78 Å². The molecular formula is C23H28F2N2O3. The third-order valence-corrected chi connectivity index (χ3v) is 4.34. The SMILES string of the molecule is CC[C@H](C(=O)NC(C)(C)C)N(Cc1ccc(F)cc1)C(=O)COc1ccccc1F. The predicted molar refractivity (Wildman–Crippen MR) is 111 cm³/mol. The van der Waals surface area contributed by atoms with E-state index in [1.807, 2.05) is 20.8 Å². The van der Waals surface area contributed by atoms with Crippen LogP contribution in [-0.4, -0.2) is 34.9 Å². The van der Waals surface area contributed by atoms with Gasteiger partial charge in [-0.3, -0.25) is 9.59 Å². The van der Waals surface area contributed by atoms with Crippen LogP contribution in [0.2, 0.25) is 0 Å². The topological polar surface area (TPSA) is 58.6 Å². The zero-order chi connectivity index (χ0) is 22.3. The summed E-state index contributed by atoms with van der Waals surface area (Å²) in [5, 5.41) is 2.89. The molecular weight excluding hydrogens is 390 g/mol. The number of rotatable bonds is 8. The first-order valence-electron chi connectivity index (χ1n) is 9.84. The molecule has 0 aliphatic heterocycles. The Kier molecular flexibility index (Phi) is 7.92. The van der Waals surface area contributed by atoms with Gasteiger partial charge in [-0.05, 0) is 57.0 Å². The third-order valence-electron chi connectivity index (χ3n) is 4.34. The molecule has 0 aromatic heterocycles. The van der Waals surface area contributed by atoms with Crippen LogP contribution in [0.3, 0.4) is 0 Å². The largest absolute Gasteiger partial charge is 0.481 e. The van der Waals surface area contributed by atoms with Crippen LogP contribution in [0.5, 0.6) is 5.75 Å². The molecule has 1 N–H and O–H groups in total. The highest BCUT2D eigenvalue weighted by atomic mass is 19.1. The molecule has 0 unspecified atom stereocenters. The van der Waals surface area contributed by atoms with Gasteiger partial charge >= 0.3 is 0 Å². The lowest BCUT2D eigenvalue weighted by Gasteiger charge is -2.33. The van der Waals surface area contributed by atoms with Crippen LogP contribution in [-0.2, 0) is 16.1 Å². The summed E-state index contributed by atoms with van der Waals surface area (Å²) in [6.45, 7) is 7.02. The van der Waals surface area contributed by atoms with Gasteiger partial charge in [0.2, 0.25) is 5.91 Å². The fourth-order valence-electron chi connectivity index (χ4n) is 2.94. The van der Waals surface area contributed by atoms with E-state index in [0.29, 0.717) is 12.0 Å². The first-order valence-corrected chi connectivity index (χ1v) is 9.84. The number of para-hydroxylation sites is 1. The Labute approximate surface area is 176 Å². The molecule has 0 bridgehead atoms. The van der Waals surface area contributed by atoms with Crippen molar-refractivity contribution in [1.29, 1.82) is 0 Å². The molecule has 0 heterocycles. The van der Waals surface area contributed by atoms with Gasteiger partial charge in [-0.25, -0.2) is 8.78 Å². The maximum Gasteiger partial charge on any atom is 0.261 e. The summed E-state index contributed by atoms with van der Waals surface area (Å²) in [6.07, 6.45) is 0.370. The lowest BCUT2D eigenvalue weighted by Crippen LogP contribution is -2.54. The first kappa shape index (κ1) is 23.3. The Hall–Kier alpha value is -2.96. The van der Waals surface area contributed by atoms with Gasteiger partial charge in [0.15, 0.2) is 18.2 Å². The Bertz CT molecular complexity index is 863. The number of nitrogens with zero attached hydrogens (tertiary/aromatic N) is 1. The number of nitrogens with one attached hydrogen (secondary N) is 1. The molecule has 0 spiro atoms. The molecule has 2 rings (SSSR count). The summed E-state index contributed by atoms with van der Waals surface area (Å²) < 4.78 is 32.4. The number of carbonyl (C=O) groups is 2. The van der Waals surface area contributed by atoms with Gasteiger partial charge in [0.1, 0.15) is 11.9 Å². The minimum absolute atomic E-state index is 0.0419. The van der Waals surface area contributed by atoms with E-state index in [9.17, 15) is 18.4 Å². The molecule has 162 valence electrons. The van der Waals surface area contributed by atoms with Crippen molar-refractivity contribution in [3.8, 4) is 5.75 Å². The second kappa shape index (κ2) is 10.2. The van der Waals surface area contributed by atoms with Crippen molar-refractivity contribution in [2.24, 2.45) is 0 Å². The van der Waals surface area contributed by atoms with Gasteiger partial charge in [-0.2, -0.15) is 0 Å². The summed E-state index contributed by atoms with van der Waals surface area (Å²) >= 11 is 0. The van der Waals surface area contributed by atoms with E-state index in [2.05, 4.69) is 5.32 Å². The minimum atomic E-state index is -0.758. The molecule has 0 saturated carbocycles. The van der Waals surface area contributed by atoms with E-state index in [1.165, 1.54) is 35.2 Å². The predicted octanol–water partition coefficient (Wildman–Crippen LogP) is 4.07. The molecule has 5 nitrogen and oxygen atoms in total. The molecule has 0 aliphatic rings. The highest BCUT2D eigenvalue weighted by Crippen LogP contribution is 2.18. The average molecular weight is 418 g/mol. The Balaban J connectivity index is 2.24. The van der Waals surface area contributed by atoms with Crippen molar-refractivity contribution in [3.63, 3.8) is 0 Å². The van der Waals surface area contributed by atoms with Gasteiger partial charge in [0, 0.05) is 12.1 Å². The Morgan fingerprint density at radius 2 is 1.70 bits per heavy atom. The number of ether oxygens (including phenoxy) is 1. The summed E-state index contributed by atoms with van der Waals surface area (Å²) in [7, 11) is 0. The fraction of sp³-hybridized carbons (Fsp3) is 0.391. The highest BCUT2D eigenvalue weighted by Gasteiger charge is 2.31. The van der Waals surface area contributed by atoms with Crippen LogP contribution in [0.1, 0.15) is 39.7 Å². The van der Waals surface area contributed by atoms with E-state index in [-0.39, 0.29) is 18.2 Å². The second-order valence-electron chi connectivity index (χ2n) is 8.03. The van der Waals surface area contributed by atoms with Crippen molar-refractivity contribution in [2.45, 2.75) is 52.2 Å². The van der Waals surface area contributed by atoms with Crippen molar-refractivity contribution in [1.82, 2.24) is 10.2 Å². The standard InChI is InChI=1S/C23H28F2N2O3/c1-5-19(22(29)26-23(2,3)4)27(14-16-10-12-17(24)13-11-16)21(28)15-30-20-9-7-6-8-18(20)25/h6-13,19H,5,14-15H2,1-4H3,(H,26,29)/t19-/m1/s1. The number of carbonyl (C=O) groups excluding carboxylic acids is 2. The normalized spacial score (nSPS) is 12.2. The quantitative estimate of drug-likeness (QED) is 0.703. The van der Waals surface area contributed by atoms with Crippen LogP contribution in [0.15, 0.2) is 48.5 Å². The molecule has 2 aromatic rings. The van der Waals surface area contributed by atoms with Crippen molar-refractivity contribution in [2.75, 3.05) is 6.61 Å². The molecule has 2 aromatic carbocycles. The third kappa shape index (κ3) is 6.83. The second-order valence-corrected chi connectivity index (χ2v) is 8.03. The van der Waals surface area contributed by atoms with Gasteiger partial charge in [0.05, 0.1) is 0 Å². The minimum Gasteiger partial charge on any atom is -0.481 e. The molecule has 1 atom stereocenters. The lowest BCUT2D eigenvalue weighted by atomic mass is 10.1. The molecule has 0 radical (unpaired) electrons. The van der Waals surface area contributed by atoms with E-state index >= 15 is 0 Å². The Morgan fingerprint density at radius 1 is 1.07 bits per heavy atom. The monoisotopic (exact) mass is 418 g/mol.